The lowest BCUT2D eigenvalue weighted by atomic mass is 9.83. The minimum absolute atomic E-state index is 0.166. The number of esters is 1. The fraction of sp³-hybridized carbons (Fsp3) is 0.909. The molecule has 1 aliphatic carbocycles. The molecule has 0 saturated heterocycles. The molecular formula is C11H18F2O2. The van der Waals surface area contributed by atoms with Crippen molar-refractivity contribution in [2.45, 2.75) is 51.4 Å². The smallest absolute Gasteiger partial charge is 0.311 e. The number of hydrogen-bond acceptors (Lipinski definition) is 2. The molecule has 0 N–H and O–H groups in total. The van der Waals surface area contributed by atoms with E-state index in [9.17, 15) is 13.6 Å². The van der Waals surface area contributed by atoms with Crippen molar-refractivity contribution in [1.29, 1.82) is 0 Å². The molecule has 0 unspecified atom stereocenters. The van der Waals surface area contributed by atoms with Gasteiger partial charge < -0.3 is 4.74 Å². The van der Waals surface area contributed by atoms with Crippen LogP contribution in [0.1, 0.15) is 45.4 Å². The molecule has 0 atom stereocenters. The average Bonchev–Trinajstić information content (AvgIpc) is 2.18. The molecule has 0 bridgehead atoms. The van der Waals surface area contributed by atoms with Crippen molar-refractivity contribution >= 4 is 5.97 Å². The minimum atomic E-state index is -2.88. The fourth-order valence-electron chi connectivity index (χ4n) is 2.07. The van der Waals surface area contributed by atoms with Crippen LogP contribution in [0.25, 0.3) is 0 Å². The van der Waals surface area contributed by atoms with Crippen molar-refractivity contribution in [3.8, 4) is 0 Å². The summed E-state index contributed by atoms with van der Waals surface area (Å²) in [5, 5.41) is 0. The van der Waals surface area contributed by atoms with Crippen molar-refractivity contribution in [2.75, 3.05) is 6.61 Å². The molecule has 1 fully saturated rings. The van der Waals surface area contributed by atoms with E-state index in [2.05, 4.69) is 4.74 Å². The van der Waals surface area contributed by atoms with E-state index in [-0.39, 0.29) is 6.61 Å². The van der Waals surface area contributed by atoms with Crippen molar-refractivity contribution in [2.24, 2.45) is 5.92 Å². The highest BCUT2D eigenvalue weighted by atomic mass is 19.3. The number of rotatable bonds is 4. The summed E-state index contributed by atoms with van der Waals surface area (Å²) in [5.41, 5.74) is 0. The summed E-state index contributed by atoms with van der Waals surface area (Å²) >= 11 is 0. The van der Waals surface area contributed by atoms with Crippen LogP contribution in [0.3, 0.4) is 0 Å². The van der Waals surface area contributed by atoms with Crippen molar-refractivity contribution in [1.82, 2.24) is 0 Å². The molecule has 0 aromatic heterocycles. The maximum Gasteiger partial charge on any atom is 0.311 e. The van der Waals surface area contributed by atoms with Gasteiger partial charge in [-0.1, -0.05) is 19.3 Å². The van der Waals surface area contributed by atoms with E-state index in [1.165, 1.54) is 0 Å². The van der Waals surface area contributed by atoms with E-state index in [0.717, 1.165) is 19.3 Å². The number of carbonyl (C=O) groups excluding carboxylic acids is 1. The molecule has 4 heteroatoms. The van der Waals surface area contributed by atoms with Gasteiger partial charge in [-0.25, -0.2) is 8.78 Å². The van der Waals surface area contributed by atoms with Gasteiger partial charge in [0.05, 0.1) is 6.61 Å². The van der Waals surface area contributed by atoms with Crippen LogP contribution in [0.2, 0.25) is 0 Å². The second-order valence-corrected chi connectivity index (χ2v) is 4.08. The topological polar surface area (TPSA) is 26.3 Å². The Hall–Kier alpha value is -0.670. The maximum absolute atomic E-state index is 13.6. The fourth-order valence-corrected chi connectivity index (χ4v) is 2.07. The molecule has 0 aromatic rings. The summed E-state index contributed by atoms with van der Waals surface area (Å²) in [6.45, 7) is 1.79. The zero-order chi connectivity index (χ0) is 11.3. The van der Waals surface area contributed by atoms with Crippen molar-refractivity contribution in [3.05, 3.63) is 0 Å². The van der Waals surface area contributed by atoms with Crippen LogP contribution in [0.5, 0.6) is 0 Å². The first-order valence-corrected chi connectivity index (χ1v) is 5.59. The van der Waals surface area contributed by atoms with Gasteiger partial charge in [-0.05, 0) is 19.8 Å². The number of carbonyl (C=O) groups is 1. The molecular weight excluding hydrogens is 202 g/mol. The second kappa shape index (κ2) is 5.42. The Labute approximate surface area is 89.0 Å². The van der Waals surface area contributed by atoms with Gasteiger partial charge in [-0.3, -0.25) is 4.79 Å². The highest BCUT2D eigenvalue weighted by Crippen LogP contribution is 2.38. The Kier molecular flexibility index (Phi) is 4.48. The highest BCUT2D eigenvalue weighted by molar-refractivity contribution is 5.70. The second-order valence-electron chi connectivity index (χ2n) is 4.08. The molecule has 0 aliphatic heterocycles. The van der Waals surface area contributed by atoms with Crippen LogP contribution >= 0.6 is 0 Å². The molecule has 88 valence electrons. The van der Waals surface area contributed by atoms with Gasteiger partial charge in [-0.2, -0.15) is 0 Å². The number of alkyl halides is 2. The lowest BCUT2D eigenvalue weighted by molar-refractivity contribution is -0.156. The normalized spacial score (nSPS) is 18.9. The van der Waals surface area contributed by atoms with Gasteiger partial charge in [0.25, 0.3) is 5.92 Å². The third-order valence-corrected chi connectivity index (χ3v) is 2.89. The Morgan fingerprint density at radius 1 is 1.33 bits per heavy atom. The zero-order valence-corrected chi connectivity index (χ0v) is 9.10. The molecule has 0 aromatic carbocycles. The molecule has 0 radical (unpaired) electrons. The maximum atomic E-state index is 13.6. The van der Waals surface area contributed by atoms with Crippen LogP contribution < -0.4 is 0 Å². The van der Waals surface area contributed by atoms with Gasteiger partial charge in [0.15, 0.2) is 0 Å². The number of hydrogen-bond donors (Lipinski definition) is 0. The Morgan fingerprint density at radius 2 is 1.93 bits per heavy atom. The largest absolute Gasteiger partial charge is 0.466 e. The zero-order valence-electron chi connectivity index (χ0n) is 9.10. The van der Waals surface area contributed by atoms with E-state index in [0.29, 0.717) is 12.8 Å². The predicted molar refractivity (Wildman–Crippen MR) is 52.8 cm³/mol. The van der Waals surface area contributed by atoms with Crippen molar-refractivity contribution in [3.63, 3.8) is 0 Å². The van der Waals surface area contributed by atoms with E-state index in [1.807, 2.05) is 0 Å². The third kappa shape index (κ3) is 3.76. The summed E-state index contributed by atoms with van der Waals surface area (Å²) in [5.74, 6) is -4.30. The molecule has 2 nitrogen and oxygen atoms in total. The van der Waals surface area contributed by atoms with Crippen molar-refractivity contribution < 1.29 is 18.3 Å². The summed E-state index contributed by atoms with van der Waals surface area (Å²) in [6.07, 6.45) is 3.04. The molecule has 0 spiro atoms. The van der Waals surface area contributed by atoms with E-state index in [4.69, 9.17) is 0 Å². The number of ether oxygens (including phenoxy) is 1. The van der Waals surface area contributed by atoms with E-state index in [1.54, 1.807) is 6.92 Å². The van der Waals surface area contributed by atoms with Gasteiger partial charge in [0, 0.05) is 5.92 Å². The van der Waals surface area contributed by atoms with Gasteiger partial charge in [-0.15, -0.1) is 0 Å². The monoisotopic (exact) mass is 220 g/mol. The first-order valence-electron chi connectivity index (χ1n) is 5.59. The standard InChI is InChI=1S/C11H18F2O2/c1-2-15-10(14)8-11(12,13)9-6-4-3-5-7-9/h9H,2-8H2,1H3. The summed E-state index contributed by atoms with van der Waals surface area (Å²) in [4.78, 5) is 11.0. The Morgan fingerprint density at radius 3 is 2.47 bits per heavy atom. The molecule has 1 saturated carbocycles. The Bertz CT molecular complexity index is 211. The summed E-state index contributed by atoms with van der Waals surface area (Å²) in [6, 6.07) is 0. The average molecular weight is 220 g/mol. The summed E-state index contributed by atoms with van der Waals surface area (Å²) < 4.78 is 31.7. The van der Waals surface area contributed by atoms with Crippen LogP contribution in [-0.2, 0) is 9.53 Å². The van der Waals surface area contributed by atoms with Gasteiger partial charge in [0.2, 0.25) is 0 Å². The van der Waals surface area contributed by atoms with Crippen LogP contribution in [0.4, 0.5) is 8.78 Å². The molecule has 0 amide bonds. The first kappa shape index (κ1) is 12.4. The highest BCUT2D eigenvalue weighted by Gasteiger charge is 2.42. The lowest BCUT2D eigenvalue weighted by Crippen LogP contribution is -2.33. The summed E-state index contributed by atoms with van der Waals surface area (Å²) in [7, 11) is 0. The molecule has 1 rings (SSSR count). The van der Waals surface area contributed by atoms with E-state index < -0.39 is 24.2 Å². The predicted octanol–water partition coefficient (Wildman–Crippen LogP) is 3.16. The van der Waals surface area contributed by atoms with Gasteiger partial charge >= 0.3 is 5.97 Å². The van der Waals surface area contributed by atoms with Crippen LogP contribution in [0.15, 0.2) is 0 Å². The van der Waals surface area contributed by atoms with Gasteiger partial charge in [0.1, 0.15) is 6.42 Å². The number of halogens is 2. The molecule has 0 heterocycles. The molecule has 1 aliphatic rings. The van der Waals surface area contributed by atoms with Crippen LogP contribution in [-0.4, -0.2) is 18.5 Å². The SMILES string of the molecule is CCOC(=O)CC(F)(F)C1CCCCC1. The lowest BCUT2D eigenvalue weighted by Gasteiger charge is -2.29. The van der Waals surface area contributed by atoms with Crippen LogP contribution in [0, 0.1) is 5.92 Å². The first-order chi connectivity index (χ1) is 7.06. The third-order valence-electron chi connectivity index (χ3n) is 2.89. The van der Waals surface area contributed by atoms with E-state index >= 15 is 0 Å². The minimum Gasteiger partial charge on any atom is -0.466 e. The Balaban J connectivity index is 2.45. The quantitative estimate of drug-likeness (QED) is 0.680. The molecule has 15 heavy (non-hydrogen) atoms.